The van der Waals surface area contributed by atoms with Crippen LogP contribution >= 0.6 is 0 Å². The summed E-state index contributed by atoms with van der Waals surface area (Å²) in [4.78, 5) is 13.6. The number of anilines is 2. The first-order valence-electron chi connectivity index (χ1n) is 11.8. The number of sulfone groups is 1. The van der Waals surface area contributed by atoms with Gasteiger partial charge in [0, 0.05) is 35.2 Å². The zero-order valence-electron chi connectivity index (χ0n) is 20.7. The Morgan fingerprint density at radius 3 is 2.26 bits per heavy atom. The van der Waals surface area contributed by atoms with Gasteiger partial charge in [-0.2, -0.15) is 0 Å². The molecule has 4 rings (SSSR count). The summed E-state index contributed by atoms with van der Waals surface area (Å²) < 4.78 is 24.4. The molecule has 8 nitrogen and oxygen atoms in total. The van der Waals surface area contributed by atoms with Gasteiger partial charge >= 0.3 is 0 Å². The fourth-order valence-electron chi connectivity index (χ4n) is 4.08. The van der Waals surface area contributed by atoms with E-state index in [1.807, 2.05) is 30.3 Å². The molecular formula is C29H28N4O4S. The molecule has 1 atom stereocenters. The Bertz CT molecular complexity index is 1550. The molecule has 9 heteroatoms. The third-order valence-corrected chi connectivity index (χ3v) is 7.11. The number of carbonyl (C=O) groups excluding carboxylic acids is 1. The maximum atomic E-state index is 13.4. The van der Waals surface area contributed by atoms with Gasteiger partial charge in [-0.25, -0.2) is 8.42 Å². The minimum absolute atomic E-state index is 0.0322. The molecule has 0 aliphatic carbocycles. The van der Waals surface area contributed by atoms with Gasteiger partial charge in [-0.05, 0) is 41.5 Å². The Kier molecular flexibility index (Phi) is 8.08. The Morgan fingerprint density at radius 2 is 1.58 bits per heavy atom. The van der Waals surface area contributed by atoms with Crippen LogP contribution in [0.2, 0.25) is 0 Å². The molecule has 4 aromatic carbocycles. The average molecular weight is 529 g/mol. The number of nitrogens with one attached hydrogen (secondary N) is 2. The van der Waals surface area contributed by atoms with E-state index in [1.165, 1.54) is 6.26 Å². The standard InChI is InChI=1S/C29H28N4O4S/c1-38(36,37)27-13-6-5-12-25(27)21-14-16-23(17-15-21)32-29(34)26(18-20-8-3-2-4-9-20)31-24-11-7-10-22(19-24)28(30)33-35/h2-17,19,26,31,35H,18H2,1H3,(H2,30,33)(H,32,34). The van der Waals surface area contributed by atoms with Crippen LogP contribution in [0.25, 0.3) is 11.1 Å². The van der Waals surface area contributed by atoms with E-state index in [-0.39, 0.29) is 16.6 Å². The summed E-state index contributed by atoms with van der Waals surface area (Å²) in [5.41, 5.74) is 9.75. The van der Waals surface area contributed by atoms with Crippen molar-refractivity contribution in [2.75, 3.05) is 16.9 Å². The van der Waals surface area contributed by atoms with Crippen LogP contribution in [0.5, 0.6) is 0 Å². The van der Waals surface area contributed by atoms with Crippen molar-refractivity contribution in [1.29, 1.82) is 0 Å². The maximum absolute atomic E-state index is 13.4. The van der Waals surface area contributed by atoms with Gasteiger partial charge in [0.1, 0.15) is 6.04 Å². The first-order valence-corrected chi connectivity index (χ1v) is 13.7. The number of oxime groups is 1. The summed E-state index contributed by atoms with van der Waals surface area (Å²) in [6.45, 7) is 0. The van der Waals surface area contributed by atoms with Crippen molar-refractivity contribution in [2.24, 2.45) is 10.9 Å². The van der Waals surface area contributed by atoms with Crippen molar-refractivity contribution in [3.8, 4) is 11.1 Å². The highest BCUT2D eigenvalue weighted by Gasteiger charge is 2.20. The van der Waals surface area contributed by atoms with E-state index < -0.39 is 15.9 Å². The second kappa shape index (κ2) is 11.6. The fraction of sp³-hybridized carbons (Fsp3) is 0.103. The highest BCUT2D eigenvalue weighted by Crippen LogP contribution is 2.28. The second-order valence-electron chi connectivity index (χ2n) is 8.79. The van der Waals surface area contributed by atoms with Crippen molar-refractivity contribution < 1.29 is 18.4 Å². The molecule has 0 heterocycles. The summed E-state index contributed by atoms with van der Waals surface area (Å²) in [5, 5.41) is 18.2. The van der Waals surface area contributed by atoms with Gasteiger partial charge < -0.3 is 21.6 Å². The topological polar surface area (TPSA) is 134 Å². The number of nitrogens with two attached hydrogens (primary N) is 1. The Balaban J connectivity index is 1.56. The van der Waals surface area contributed by atoms with Crippen LogP contribution < -0.4 is 16.4 Å². The summed E-state index contributed by atoms with van der Waals surface area (Å²) in [6, 6.07) is 29.8. The summed E-state index contributed by atoms with van der Waals surface area (Å²) >= 11 is 0. The van der Waals surface area contributed by atoms with Gasteiger partial charge in [-0.3, -0.25) is 4.79 Å². The third kappa shape index (κ3) is 6.57. The number of hydrogen-bond acceptors (Lipinski definition) is 6. The van der Waals surface area contributed by atoms with Gasteiger partial charge in [0.15, 0.2) is 15.7 Å². The number of rotatable bonds is 9. The Labute approximate surface area is 221 Å². The monoisotopic (exact) mass is 528 g/mol. The molecule has 0 bridgehead atoms. The summed E-state index contributed by atoms with van der Waals surface area (Å²) in [7, 11) is -3.40. The minimum atomic E-state index is -3.40. The maximum Gasteiger partial charge on any atom is 0.247 e. The largest absolute Gasteiger partial charge is 0.409 e. The molecule has 0 spiro atoms. The van der Waals surface area contributed by atoms with Gasteiger partial charge in [0.25, 0.3) is 0 Å². The normalized spacial score (nSPS) is 12.5. The third-order valence-electron chi connectivity index (χ3n) is 5.96. The predicted molar refractivity (Wildman–Crippen MR) is 150 cm³/mol. The van der Waals surface area contributed by atoms with Gasteiger partial charge in [0.05, 0.1) is 4.90 Å². The summed E-state index contributed by atoms with van der Waals surface area (Å²) in [6.07, 6.45) is 1.60. The fourth-order valence-corrected chi connectivity index (χ4v) is 4.99. The molecule has 0 aromatic heterocycles. The second-order valence-corrected chi connectivity index (χ2v) is 10.8. The first-order chi connectivity index (χ1) is 18.2. The van der Waals surface area contributed by atoms with Crippen LogP contribution in [0.15, 0.2) is 113 Å². The zero-order chi connectivity index (χ0) is 27.1. The average Bonchev–Trinajstić information content (AvgIpc) is 2.93. The van der Waals surface area contributed by atoms with Crippen LogP contribution in [0.3, 0.4) is 0 Å². The Hall–Kier alpha value is -4.63. The molecule has 5 N–H and O–H groups in total. The number of carbonyl (C=O) groups is 1. The van der Waals surface area contributed by atoms with Crippen molar-refractivity contribution in [3.05, 3.63) is 114 Å². The number of amides is 1. The first kappa shape index (κ1) is 26.4. The quantitative estimate of drug-likeness (QED) is 0.109. The van der Waals surface area contributed by atoms with Crippen molar-refractivity contribution in [3.63, 3.8) is 0 Å². The van der Waals surface area contributed by atoms with Crippen LogP contribution in [0.4, 0.5) is 11.4 Å². The zero-order valence-corrected chi connectivity index (χ0v) is 21.5. The Morgan fingerprint density at radius 1 is 0.895 bits per heavy atom. The number of benzene rings is 4. The molecule has 0 fully saturated rings. The number of amidine groups is 1. The van der Waals surface area contributed by atoms with Gasteiger partial charge in [0.2, 0.25) is 5.91 Å². The van der Waals surface area contributed by atoms with Crippen LogP contribution in [-0.4, -0.2) is 37.7 Å². The van der Waals surface area contributed by atoms with Crippen LogP contribution in [-0.2, 0) is 21.1 Å². The van der Waals surface area contributed by atoms with Crippen LogP contribution in [0.1, 0.15) is 11.1 Å². The van der Waals surface area contributed by atoms with E-state index in [9.17, 15) is 13.2 Å². The van der Waals surface area contributed by atoms with Gasteiger partial charge in [-0.1, -0.05) is 78.0 Å². The van der Waals surface area contributed by atoms with Crippen LogP contribution in [0, 0.1) is 0 Å². The molecule has 0 aliphatic rings. The molecule has 4 aromatic rings. The highest BCUT2D eigenvalue weighted by atomic mass is 32.2. The smallest absolute Gasteiger partial charge is 0.247 e. The van der Waals surface area contributed by atoms with Crippen molar-refractivity contribution >= 4 is 33.0 Å². The van der Waals surface area contributed by atoms with E-state index in [1.54, 1.807) is 72.8 Å². The number of nitrogens with zero attached hydrogens (tertiary/aromatic N) is 1. The molecule has 0 radical (unpaired) electrons. The van der Waals surface area contributed by atoms with E-state index in [2.05, 4.69) is 15.8 Å². The molecule has 0 aliphatic heterocycles. The minimum Gasteiger partial charge on any atom is -0.409 e. The number of hydrogen-bond donors (Lipinski definition) is 4. The molecule has 1 unspecified atom stereocenters. The molecule has 1 amide bonds. The molecule has 194 valence electrons. The van der Waals surface area contributed by atoms with Crippen molar-refractivity contribution in [2.45, 2.75) is 17.4 Å². The lowest BCUT2D eigenvalue weighted by atomic mass is 10.0. The molecular weight excluding hydrogens is 500 g/mol. The van der Waals surface area contributed by atoms with E-state index in [0.717, 1.165) is 11.1 Å². The molecule has 0 saturated carbocycles. The van der Waals surface area contributed by atoms with E-state index >= 15 is 0 Å². The summed E-state index contributed by atoms with van der Waals surface area (Å²) in [5.74, 6) is -0.289. The lowest BCUT2D eigenvalue weighted by molar-refractivity contribution is -0.116. The van der Waals surface area contributed by atoms with Gasteiger partial charge in [-0.15, -0.1) is 0 Å². The van der Waals surface area contributed by atoms with E-state index in [0.29, 0.717) is 28.9 Å². The lowest BCUT2D eigenvalue weighted by Gasteiger charge is -2.20. The lowest BCUT2D eigenvalue weighted by Crippen LogP contribution is -2.36. The molecule has 0 saturated heterocycles. The van der Waals surface area contributed by atoms with Crippen molar-refractivity contribution in [1.82, 2.24) is 0 Å². The van der Waals surface area contributed by atoms with E-state index in [4.69, 9.17) is 10.9 Å². The predicted octanol–water partition coefficient (Wildman–Crippen LogP) is 4.51. The highest BCUT2D eigenvalue weighted by molar-refractivity contribution is 7.90. The molecule has 38 heavy (non-hydrogen) atoms. The SMILES string of the molecule is CS(=O)(=O)c1ccccc1-c1ccc(NC(=O)C(Cc2ccccc2)Nc2cccc(/C(N)=N/O)c2)cc1.